The van der Waals surface area contributed by atoms with Gasteiger partial charge in [0.2, 0.25) is 0 Å². The summed E-state index contributed by atoms with van der Waals surface area (Å²) in [6.45, 7) is 5.67. The summed E-state index contributed by atoms with van der Waals surface area (Å²) in [7, 11) is 0. The van der Waals surface area contributed by atoms with Gasteiger partial charge in [0, 0.05) is 18.7 Å². The van der Waals surface area contributed by atoms with E-state index in [4.69, 9.17) is 10.9 Å². The first-order valence-electron chi connectivity index (χ1n) is 7.02. The third-order valence-electron chi connectivity index (χ3n) is 3.83. The van der Waals surface area contributed by atoms with Crippen molar-refractivity contribution >= 4 is 5.84 Å². The van der Waals surface area contributed by atoms with Crippen LogP contribution in [0.25, 0.3) is 0 Å². The Morgan fingerprint density at radius 2 is 2.16 bits per heavy atom. The SMILES string of the molecule is CCCC1CCN(Cc2ccc(/C(N)=N/O)cc2)C1. The quantitative estimate of drug-likeness (QED) is 0.370. The smallest absolute Gasteiger partial charge is 0.170 e. The Balaban J connectivity index is 1.90. The first kappa shape index (κ1) is 13.9. The molecule has 1 aliphatic rings. The largest absolute Gasteiger partial charge is 0.409 e. The Kier molecular flexibility index (Phi) is 4.80. The Bertz CT molecular complexity index is 428. The van der Waals surface area contributed by atoms with Crippen LogP contribution in [0.5, 0.6) is 0 Å². The number of likely N-dealkylation sites (tertiary alicyclic amines) is 1. The van der Waals surface area contributed by atoms with Crippen LogP contribution < -0.4 is 5.73 Å². The fraction of sp³-hybridized carbons (Fsp3) is 0.533. The maximum atomic E-state index is 8.62. The molecule has 3 N–H and O–H groups in total. The second-order valence-electron chi connectivity index (χ2n) is 5.36. The average Bonchev–Trinajstić information content (AvgIpc) is 2.86. The van der Waals surface area contributed by atoms with Crippen molar-refractivity contribution in [3.05, 3.63) is 35.4 Å². The topological polar surface area (TPSA) is 61.8 Å². The lowest BCUT2D eigenvalue weighted by Crippen LogP contribution is -2.20. The van der Waals surface area contributed by atoms with Crippen molar-refractivity contribution in [2.75, 3.05) is 13.1 Å². The van der Waals surface area contributed by atoms with E-state index in [1.165, 1.54) is 37.9 Å². The number of hydrogen-bond acceptors (Lipinski definition) is 3. The van der Waals surface area contributed by atoms with Crippen molar-refractivity contribution < 1.29 is 5.21 Å². The van der Waals surface area contributed by atoms with Crippen LogP contribution in [0, 0.1) is 5.92 Å². The summed E-state index contributed by atoms with van der Waals surface area (Å²) < 4.78 is 0. The van der Waals surface area contributed by atoms with Crippen molar-refractivity contribution in [2.24, 2.45) is 16.8 Å². The van der Waals surface area contributed by atoms with Crippen molar-refractivity contribution in [3.8, 4) is 0 Å². The molecule has 2 rings (SSSR count). The van der Waals surface area contributed by atoms with Gasteiger partial charge in [0.05, 0.1) is 0 Å². The van der Waals surface area contributed by atoms with Gasteiger partial charge in [-0.3, -0.25) is 4.90 Å². The van der Waals surface area contributed by atoms with Crippen molar-refractivity contribution in [3.63, 3.8) is 0 Å². The van der Waals surface area contributed by atoms with Gasteiger partial charge in [-0.15, -0.1) is 0 Å². The molecule has 1 atom stereocenters. The molecule has 0 amide bonds. The molecule has 0 radical (unpaired) electrons. The summed E-state index contributed by atoms with van der Waals surface area (Å²) in [4.78, 5) is 2.51. The van der Waals surface area contributed by atoms with E-state index in [9.17, 15) is 0 Å². The third-order valence-corrected chi connectivity index (χ3v) is 3.83. The van der Waals surface area contributed by atoms with E-state index in [0.717, 1.165) is 18.0 Å². The predicted molar refractivity (Wildman–Crippen MR) is 77.2 cm³/mol. The van der Waals surface area contributed by atoms with Gasteiger partial charge >= 0.3 is 0 Å². The van der Waals surface area contributed by atoms with Crippen LogP contribution in [0.1, 0.15) is 37.3 Å². The Labute approximate surface area is 114 Å². The first-order valence-corrected chi connectivity index (χ1v) is 7.02. The van der Waals surface area contributed by atoms with Crippen LogP contribution in [0.4, 0.5) is 0 Å². The maximum absolute atomic E-state index is 8.62. The van der Waals surface area contributed by atoms with E-state index < -0.39 is 0 Å². The van der Waals surface area contributed by atoms with Crippen molar-refractivity contribution in [1.29, 1.82) is 0 Å². The molecule has 4 heteroatoms. The van der Waals surface area contributed by atoms with Gasteiger partial charge in [-0.25, -0.2) is 0 Å². The van der Waals surface area contributed by atoms with Gasteiger partial charge in [0.1, 0.15) is 0 Å². The number of benzene rings is 1. The van der Waals surface area contributed by atoms with Crippen molar-refractivity contribution in [1.82, 2.24) is 4.90 Å². The summed E-state index contributed by atoms with van der Waals surface area (Å²) >= 11 is 0. The van der Waals surface area contributed by atoms with E-state index in [-0.39, 0.29) is 5.84 Å². The van der Waals surface area contributed by atoms with Gasteiger partial charge in [0.15, 0.2) is 5.84 Å². The van der Waals surface area contributed by atoms with Gasteiger partial charge < -0.3 is 10.9 Å². The standard InChI is InChI=1S/C15H23N3O/c1-2-3-12-8-9-18(10-12)11-13-4-6-14(7-5-13)15(16)17-19/h4-7,12,19H,2-3,8-11H2,1H3,(H2,16,17). The van der Waals surface area contributed by atoms with E-state index in [0.29, 0.717) is 0 Å². The number of nitrogens with two attached hydrogens (primary N) is 1. The van der Waals surface area contributed by atoms with Crippen LogP contribution in [-0.2, 0) is 6.54 Å². The second kappa shape index (κ2) is 6.57. The Morgan fingerprint density at radius 3 is 2.79 bits per heavy atom. The third kappa shape index (κ3) is 3.70. The van der Waals surface area contributed by atoms with Crippen LogP contribution >= 0.6 is 0 Å². The average molecular weight is 261 g/mol. The van der Waals surface area contributed by atoms with E-state index >= 15 is 0 Å². The minimum atomic E-state index is 0.163. The molecule has 19 heavy (non-hydrogen) atoms. The molecular weight excluding hydrogens is 238 g/mol. The summed E-state index contributed by atoms with van der Waals surface area (Å²) in [5.41, 5.74) is 7.59. The molecule has 1 fully saturated rings. The number of oxime groups is 1. The van der Waals surface area contributed by atoms with Gasteiger partial charge in [-0.2, -0.15) is 0 Å². The highest BCUT2D eigenvalue weighted by atomic mass is 16.4. The molecule has 0 aliphatic carbocycles. The summed E-state index contributed by atoms with van der Waals surface area (Å²) in [6.07, 6.45) is 3.96. The van der Waals surface area contributed by atoms with E-state index in [2.05, 4.69) is 29.1 Å². The van der Waals surface area contributed by atoms with Crippen molar-refractivity contribution in [2.45, 2.75) is 32.7 Å². The molecule has 1 aromatic rings. The summed E-state index contributed by atoms with van der Waals surface area (Å²) in [6, 6.07) is 7.93. The Hall–Kier alpha value is -1.55. The molecule has 1 aromatic carbocycles. The summed E-state index contributed by atoms with van der Waals surface area (Å²) in [5.74, 6) is 1.04. The molecule has 1 saturated heterocycles. The molecule has 0 spiro atoms. The zero-order chi connectivity index (χ0) is 13.7. The fourth-order valence-corrected chi connectivity index (χ4v) is 2.80. The lowest BCUT2D eigenvalue weighted by Gasteiger charge is -2.16. The normalized spacial score (nSPS) is 20.9. The highest BCUT2D eigenvalue weighted by Crippen LogP contribution is 2.22. The molecule has 1 unspecified atom stereocenters. The lowest BCUT2D eigenvalue weighted by molar-refractivity contribution is 0.313. The number of nitrogens with zero attached hydrogens (tertiary/aromatic N) is 2. The highest BCUT2D eigenvalue weighted by Gasteiger charge is 2.21. The zero-order valence-corrected chi connectivity index (χ0v) is 11.5. The first-order chi connectivity index (χ1) is 9.22. The molecule has 0 bridgehead atoms. The molecule has 1 heterocycles. The maximum Gasteiger partial charge on any atom is 0.170 e. The lowest BCUT2D eigenvalue weighted by atomic mass is 10.0. The highest BCUT2D eigenvalue weighted by molar-refractivity contribution is 5.96. The van der Waals surface area contributed by atoms with E-state index in [1.807, 2.05) is 12.1 Å². The molecule has 0 saturated carbocycles. The predicted octanol–water partition coefficient (Wildman–Crippen LogP) is 2.40. The van der Waals surface area contributed by atoms with Crippen LogP contribution in [0.15, 0.2) is 29.4 Å². The minimum Gasteiger partial charge on any atom is -0.409 e. The van der Waals surface area contributed by atoms with Gasteiger partial charge in [0.25, 0.3) is 0 Å². The molecule has 0 aromatic heterocycles. The minimum absolute atomic E-state index is 0.163. The van der Waals surface area contributed by atoms with Gasteiger partial charge in [-0.05, 0) is 30.9 Å². The summed E-state index contributed by atoms with van der Waals surface area (Å²) in [5, 5.41) is 11.6. The zero-order valence-electron chi connectivity index (χ0n) is 11.5. The molecule has 1 aliphatic heterocycles. The number of amidine groups is 1. The second-order valence-corrected chi connectivity index (χ2v) is 5.36. The van der Waals surface area contributed by atoms with Crippen LogP contribution in [0.3, 0.4) is 0 Å². The van der Waals surface area contributed by atoms with Crippen LogP contribution in [0.2, 0.25) is 0 Å². The fourth-order valence-electron chi connectivity index (χ4n) is 2.80. The van der Waals surface area contributed by atoms with Gasteiger partial charge in [-0.1, -0.05) is 42.8 Å². The van der Waals surface area contributed by atoms with E-state index in [1.54, 1.807) is 0 Å². The molecule has 104 valence electrons. The molecular formula is C15H23N3O. The molecule has 4 nitrogen and oxygen atoms in total. The monoisotopic (exact) mass is 261 g/mol. The van der Waals surface area contributed by atoms with Crippen LogP contribution in [-0.4, -0.2) is 29.0 Å². The Morgan fingerprint density at radius 1 is 1.42 bits per heavy atom. The number of hydrogen-bond donors (Lipinski definition) is 2. The number of rotatable bonds is 5.